The molecule has 0 aromatic carbocycles. The van der Waals surface area contributed by atoms with Crippen molar-refractivity contribution in [3.8, 4) is 0 Å². The molecule has 0 amide bonds. The van der Waals surface area contributed by atoms with Gasteiger partial charge in [0.15, 0.2) is 0 Å². The topological polar surface area (TPSA) is 150 Å². The molecule has 0 aliphatic rings. The molecule has 0 aliphatic carbocycles. The van der Waals surface area contributed by atoms with Crippen LogP contribution in [0.1, 0.15) is 0 Å². The van der Waals surface area contributed by atoms with Crippen LogP contribution >= 0.6 is 0 Å². The summed E-state index contributed by atoms with van der Waals surface area (Å²) in [5.74, 6) is 0. The summed E-state index contributed by atoms with van der Waals surface area (Å²) in [4.78, 5) is 0. The summed E-state index contributed by atoms with van der Waals surface area (Å²) < 4.78 is 0. The third-order valence-electron chi connectivity index (χ3n) is 0. The van der Waals surface area contributed by atoms with Crippen LogP contribution in [-0.2, 0) is 0 Å². The normalized spacial score (nSPS) is 0. The van der Waals surface area contributed by atoms with E-state index in [0.717, 1.165) is 0 Å². The third-order valence-corrected chi connectivity index (χ3v) is 0. The Balaban J connectivity index is 0. The smallest absolute Gasteiger partial charge is 0.870 e. The van der Waals surface area contributed by atoms with Crippen LogP contribution in [0.4, 0.5) is 0 Å². The van der Waals surface area contributed by atoms with Gasteiger partial charge in [0, 0.05) is 0 Å². The standard InChI is InChI=1S/5H2O.Sb/h5*1H2;/q;;;;;+5/p-5. The summed E-state index contributed by atoms with van der Waals surface area (Å²) in [6.45, 7) is 0. The van der Waals surface area contributed by atoms with Gasteiger partial charge in [-0.15, -0.1) is 0 Å². The Hall–Kier alpha value is 0.618. The van der Waals surface area contributed by atoms with E-state index in [2.05, 4.69) is 0 Å². The molecule has 0 saturated carbocycles. The van der Waals surface area contributed by atoms with Gasteiger partial charge in [0.05, 0.1) is 0 Å². The van der Waals surface area contributed by atoms with Crippen LogP contribution in [0.25, 0.3) is 0 Å². The molecule has 0 spiro atoms. The molecule has 0 fully saturated rings. The number of hydrogen-bond donors (Lipinski definition) is 0. The fraction of sp³-hybridized carbons (Fsp3) is 0. The molecule has 6 heteroatoms. The SMILES string of the molecule is [OH-].[OH-].[OH-].[OH-].[OH-].[Sb+5]. The largest absolute Gasteiger partial charge is 5.00 e. The fourth-order valence-electron chi connectivity index (χ4n) is 0. The van der Waals surface area contributed by atoms with Gasteiger partial charge in [0.25, 0.3) is 0 Å². The quantitative estimate of drug-likeness (QED) is 0.453. The van der Waals surface area contributed by atoms with Crippen molar-refractivity contribution in [2.24, 2.45) is 0 Å². The summed E-state index contributed by atoms with van der Waals surface area (Å²) >= 11 is 0. The number of rotatable bonds is 0. The first-order chi connectivity index (χ1) is 0. The molecule has 0 radical (unpaired) electrons. The predicted octanol–water partition coefficient (Wildman–Crippen LogP) is -1.26. The van der Waals surface area contributed by atoms with Crippen molar-refractivity contribution in [1.82, 2.24) is 0 Å². The first-order valence-electron chi connectivity index (χ1n) is 0. The van der Waals surface area contributed by atoms with Gasteiger partial charge in [-0.1, -0.05) is 0 Å². The van der Waals surface area contributed by atoms with E-state index in [9.17, 15) is 0 Å². The molecule has 0 rings (SSSR count). The molecule has 0 unspecified atom stereocenters. The Morgan fingerprint density at radius 3 is 0.333 bits per heavy atom. The summed E-state index contributed by atoms with van der Waals surface area (Å²) in [5, 5.41) is 0. The summed E-state index contributed by atoms with van der Waals surface area (Å²) in [6, 6.07) is 0. The van der Waals surface area contributed by atoms with Crippen molar-refractivity contribution in [2.45, 2.75) is 0 Å². The van der Waals surface area contributed by atoms with Crippen LogP contribution in [0.15, 0.2) is 0 Å². The van der Waals surface area contributed by atoms with E-state index >= 15 is 0 Å². The van der Waals surface area contributed by atoms with Crippen molar-refractivity contribution in [1.29, 1.82) is 0 Å². The van der Waals surface area contributed by atoms with Gasteiger partial charge in [0.2, 0.25) is 0 Å². The zero-order valence-corrected chi connectivity index (χ0v) is 5.24. The molecule has 0 aromatic heterocycles. The third kappa shape index (κ3) is 158. The molecule has 0 bridgehead atoms. The minimum Gasteiger partial charge on any atom is -0.870 e. The summed E-state index contributed by atoms with van der Waals surface area (Å²) in [7, 11) is 0. The first kappa shape index (κ1) is 547. The Morgan fingerprint density at radius 2 is 0.333 bits per heavy atom. The summed E-state index contributed by atoms with van der Waals surface area (Å²) in [6.07, 6.45) is 0. The minimum atomic E-state index is 0. The molecule has 6 heavy (non-hydrogen) atoms. The Labute approximate surface area is 52.3 Å². The maximum Gasteiger partial charge on any atom is 5.00 e. The van der Waals surface area contributed by atoms with Gasteiger partial charge in [-0.25, -0.2) is 0 Å². The van der Waals surface area contributed by atoms with Crippen LogP contribution in [0, 0.1) is 0 Å². The van der Waals surface area contributed by atoms with E-state index in [0.29, 0.717) is 0 Å². The van der Waals surface area contributed by atoms with Crippen molar-refractivity contribution >= 4 is 24.4 Å². The second-order valence-corrected chi connectivity index (χ2v) is 0. The van der Waals surface area contributed by atoms with Crippen LogP contribution < -0.4 is 0 Å². The van der Waals surface area contributed by atoms with Crippen molar-refractivity contribution in [2.75, 3.05) is 0 Å². The van der Waals surface area contributed by atoms with Gasteiger partial charge in [-0.05, 0) is 0 Å². The van der Waals surface area contributed by atoms with Crippen LogP contribution in [0.3, 0.4) is 0 Å². The van der Waals surface area contributed by atoms with Crippen molar-refractivity contribution in [3.05, 3.63) is 0 Å². The van der Waals surface area contributed by atoms with Gasteiger partial charge in [-0.3, -0.25) is 0 Å². The zero-order chi connectivity index (χ0) is 0. The van der Waals surface area contributed by atoms with E-state index in [1.807, 2.05) is 0 Å². The monoisotopic (exact) mass is 206 g/mol. The maximum atomic E-state index is 0. The Bertz CT molecular complexity index is 3.90. The molecule has 0 atom stereocenters. The van der Waals surface area contributed by atoms with E-state index < -0.39 is 0 Å². The molecule has 0 aliphatic heterocycles. The van der Waals surface area contributed by atoms with E-state index in [4.69, 9.17) is 0 Å². The van der Waals surface area contributed by atoms with Crippen molar-refractivity contribution < 1.29 is 27.4 Å². The average Bonchev–Trinajstić information content (AvgIpc) is 0. The molecule has 5 N–H and O–H groups in total. The number of hydrogen-bond acceptors (Lipinski definition) is 5. The van der Waals surface area contributed by atoms with E-state index in [1.54, 1.807) is 0 Å². The molecule has 0 heterocycles. The van der Waals surface area contributed by atoms with E-state index in [1.165, 1.54) is 0 Å². The summed E-state index contributed by atoms with van der Waals surface area (Å²) in [5.41, 5.74) is 0. The van der Waals surface area contributed by atoms with Gasteiger partial charge >= 0.3 is 24.4 Å². The maximum absolute atomic E-state index is 0. The minimum absolute atomic E-state index is 0. The van der Waals surface area contributed by atoms with Crippen LogP contribution in [-0.4, -0.2) is 51.8 Å². The van der Waals surface area contributed by atoms with Gasteiger partial charge < -0.3 is 27.4 Å². The van der Waals surface area contributed by atoms with E-state index in [-0.39, 0.29) is 51.8 Å². The molecular formula is H5O5Sb. The molecule has 40 valence electrons. The first-order valence-corrected chi connectivity index (χ1v) is 0. The van der Waals surface area contributed by atoms with Gasteiger partial charge in [0.1, 0.15) is 0 Å². The average molecular weight is 207 g/mol. The van der Waals surface area contributed by atoms with Crippen molar-refractivity contribution in [3.63, 3.8) is 0 Å². The zero-order valence-electron chi connectivity index (χ0n) is 2.68. The second-order valence-electron chi connectivity index (χ2n) is 0. The fourth-order valence-corrected chi connectivity index (χ4v) is 0. The molecule has 5 nitrogen and oxygen atoms in total. The predicted molar refractivity (Wildman–Crippen MR) is 15.4 cm³/mol. The molecule has 0 aromatic rings. The molecular weight excluding hydrogens is 202 g/mol. The Kier molecular flexibility index (Phi) is 28600. The van der Waals surface area contributed by atoms with Gasteiger partial charge in [-0.2, -0.15) is 0 Å². The molecule has 0 saturated heterocycles. The van der Waals surface area contributed by atoms with Crippen LogP contribution in [0.5, 0.6) is 0 Å². The Morgan fingerprint density at radius 1 is 0.333 bits per heavy atom. The van der Waals surface area contributed by atoms with Crippen LogP contribution in [0.2, 0.25) is 0 Å². The second kappa shape index (κ2) is 314.